The zero-order valence-electron chi connectivity index (χ0n) is 17.0. The Kier molecular flexibility index (Phi) is 7.07. The number of sulfonamides is 1. The molecule has 2 rings (SSSR count). The average molecular weight is 405 g/mol. The fourth-order valence-corrected chi connectivity index (χ4v) is 4.11. The largest absolute Gasteiger partial charge is 0.497 e. The van der Waals surface area contributed by atoms with E-state index in [9.17, 15) is 13.2 Å². The molecule has 2 aromatic rings. The number of carbonyl (C=O) groups excluding carboxylic acids is 1. The minimum absolute atomic E-state index is 0.336. The highest BCUT2D eigenvalue weighted by Gasteiger charge is 2.29. The van der Waals surface area contributed by atoms with Crippen LogP contribution in [-0.4, -0.2) is 40.3 Å². The van der Waals surface area contributed by atoms with Crippen molar-refractivity contribution in [2.24, 2.45) is 0 Å². The van der Waals surface area contributed by atoms with Gasteiger partial charge in [0.2, 0.25) is 15.9 Å². The Morgan fingerprint density at radius 2 is 1.75 bits per heavy atom. The van der Waals surface area contributed by atoms with Crippen LogP contribution in [0.4, 0.5) is 5.69 Å². The molecular weight excluding hydrogens is 376 g/mol. The lowest BCUT2D eigenvalue weighted by Crippen LogP contribution is -2.48. The van der Waals surface area contributed by atoms with Crippen molar-refractivity contribution in [2.45, 2.75) is 33.2 Å². The van der Waals surface area contributed by atoms with E-state index in [-0.39, 0.29) is 5.91 Å². The number of benzene rings is 2. The number of aryl methyl sites for hydroxylation is 2. The second-order valence-electron chi connectivity index (χ2n) is 6.89. The van der Waals surface area contributed by atoms with Crippen LogP contribution in [0.25, 0.3) is 0 Å². The number of rotatable bonds is 8. The van der Waals surface area contributed by atoms with Crippen LogP contribution in [0.15, 0.2) is 42.5 Å². The van der Waals surface area contributed by atoms with E-state index in [1.807, 2.05) is 44.2 Å². The predicted molar refractivity (Wildman–Crippen MR) is 112 cm³/mol. The molecule has 0 heterocycles. The van der Waals surface area contributed by atoms with Gasteiger partial charge in [-0.2, -0.15) is 0 Å². The van der Waals surface area contributed by atoms with Crippen LogP contribution in [0.3, 0.4) is 0 Å². The molecule has 0 radical (unpaired) electrons. The summed E-state index contributed by atoms with van der Waals surface area (Å²) in [4.78, 5) is 12.6. The number of methoxy groups -OCH3 is 1. The molecule has 7 heteroatoms. The molecule has 6 nitrogen and oxygen atoms in total. The minimum Gasteiger partial charge on any atom is -0.497 e. The van der Waals surface area contributed by atoms with E-state index in [2.05, 4.69) is 5.32 Å². The smallest absolute Gasteiger partial charge is 0.243 e. The van der Waals surface area contributed by atoms with E-state index in [0.29, 0.717) is 18.7 Å². The Morgan fingerprint density at radius 1 is 1.11 bits per heavy atom. The van der Waals surface area contributed by atoms with Gasteiger partial charge in [-0.25, -0.2) is 8.42 Å². The van der Waals surface area contributed by atoms with E-state index in [0.717, 1.165) is 28.7 Å². The molecule has 0 spiro atoms. The van der Waals surface area contributed by atoms with Gasteiger partial charge in [-0.3, -0.25) is 9.10 Å². The number of nitrogens with zero attached hydrogens (tertiary/aromatic N) is 1. The number of hydrogen-bond donors (Lipinski definition) is 1. The Morgan fingerprint density at radius 3 is 2.29 bits per heavy atom. The van der Waals surface area contributed by atoms with Gasteiger partial charge in [0.05, 0.1) is 19.1 Å². The Balaban J connectivity index is 2.07. The first-order valence-electron chi connectivity index (χ1n) is 9.10. The second kappa shape index (κ2) is 9.10. The number of amides is 1. The second-order valence-corrected chi connectivity index (χ2v) is 8.75. The van der Waals surface area contributed by atoms with Crippen molar-refractivity contribution < 1.29 is 17.9 Å². The molecule has 1 amide bonds. The maximum Gasteiger partial charge on any atom is 0.243 e. The minimum atomic E-state index is -3.62. The molecule has 152 valence electrons. The fourth-order valence-electron chi connectivity index (χ4n) is 2.94. The molecule has 28 heavy (non-hydrogen) atoms. The number of hydrogen-bond acceptors (Lipinski definition) is 4. The van der Waals surface area contributed by atoms with Crippen molar-refractivity contribution in [3.8, 4) is 5.75 Å². The van der Waals surface area contributed by atoms with Gasteiger partial charge in [-0.05, 0) is 68.1 Å². The molecule has 0 bridgehead atoms. The van der Waals surface area contributed by atoms with E-state index < -0.39 is 16.1 Å². The number of anilines is 1. The van der Waals surface area contributed by atoms with Crippen molar-refractivity contribution in [1.29, 1.82) is 0 Å². The Bertz CT molecular complexity index is 924. The third-order valence-corrected chi connectivity index (χ3v) is 5.95. The van der Waals surface area contributed by atoms with Crippen molar-refractivity contribution in [3.63, 3.8) is 0 Å². The molecule has 0 aliphatic carbocycles. The molecule has 0 saturated carbocycles. The zero-order chi connectivity index (χ0) is 20.9. The molecule has 1 atom stereocenters. The summed E-state index contributed by atoms with van der Waals surface area (Å²) >= 11 is 0. The highest BCUT2D eigenvalue weighted by molar-refractivity contribution is 7.92. The molecule has 0 aromatic heterocycles. The summed E-state index contributed by atoms with van der Waals surface area (Å²) in [5.74, 6) is 0.441. The normalized spacial score (nSPS) is 12.3. The summed E-state index contributed by atoms with van der Waals surface area (Å²) in [6.45, 7) is 5.89. The summed E-state index contributed by atoms with van der Waals surface area (Å²) < 4.78 is 31.0. The monoisotopic (exact) mass is 404 g/mol. The first kappa shape index (κ1) is 21.8. The molecule has 0 aliphatic rings. The standard InChI is InChI=1S/C21H28N2O4S/c1-15-6-9-19(14-16(15)2)23(28(5,25)26)17(3)21(24)22-13-12-18-7-10-20(27-4)11-8-18/h6-11,14,17H,12-13H2,1-5H3,(H,22,24). The van der Waals surface area contributed by atoms with Crippen LogP contribution in [0.5, 0.6) is 5.75 Å². The highest BCUT2D eigenvalue weighted by atomic mass is 32.2. The highest BCUT2D eigenvalue weighted by Crippen LogP contribution is 2.23. The van der Waals surface area contributed by atoms with Gasteiger partial charge in [0.1, 0.15) is 11.8 Å². The average Bonchev–Trinajstić information content (AvgIpc) is 2.64. The van der Waals surface area contributed by atoms with Crippen LogP contribution in [0, 0.1) is 13.8 Å². The van der Waals surface area contributed by atoms with Gasteiger partial charge in [0.25, 0.3) is 0 Å². The molecule has 1 unspecified atom stereocenters. The maximum absolute atomic E-state index is 12.6. The summed E-state index contributed by atoms with van der Waals surface area (Å²) in [5, 5.41) is 2.83. The summed E-state index contributed by atoms with van der Waals surface area (Å²) in [6.07, 6.45) is 1.76. The third-order valence-electron chi connectivity index (χ3n) is 4.71. The zero-order valence-corrected chi connectivity index (χ0v) is 17.8. The van der Waals surface area contributed by atoms with Gasteiger partial charge >= 0.3 is 0 Å². The number of ether oxygens (including phenoxy) is 1. The van der Waals surface area contributed by atoms with Crippen LogP contribution in [0.2, 0.25) is 0 Å². The summed E-state index contributed by atoms with van der Waals surface area (Å²) in [7, 11) is -2.01. The fraction of sp³-hybridized carbons (Fsp3) is 0.381. The number of carbonyl (C=O) groups is 1. The SMILES string of the molecule is COc1ccc(CCNC(=O)C(C)N(c2ccc(C)c(C)c2)S(C)(=O)=O)cc1. The Labute approximate surface area is 167 Å². The van der Waals surface area contributed by atoms with E-state index >= 15 is 0 Å². The molecule has 0 saturated heterocycles. The topological polar surface area (TPSA) is 75.7 Å². The van der Waals surface area contributed by atoms with Crippen molar-refractivity contribution in [2.75, 3.05) is 24.2 Å². The Hall–Kier alpha value is -2.54. The quantitative estimate of drug-likeness (QED) is 0.734. The maximum atomic E-state index is 12.6. The van der Waals surface area contributed by atoms with Gasteiger partial charge < -0.3 is 10.1 Å². The van der Waals surface area contributed by atoms with Crippen LogP contribution in [-0.2, 0) is 21.2 Å². The van der Waals surface area contributed by atoms with Crippen molar-refractivity contribution in [1.82, 2.24) is 5.32 Å². The third kappa shape index (κ3) is 5.48. The number of nitrogens with one attached hydrogen (secondary N) is 1. The first-order chi connectivity index (χ1) is 13.1. The predicted octanol–water partition coefficient (Wildman–Crippen LogP) is 2.83. The van der Waals surface area contributed by atoms with E-state index in [1.54, 1.807) is 26.2 Å². The lowest BCUT2D eigenvalue weighted by atomic mass is 10.1. The molecule has 0 fully saturated rings. The van der Waals surface area contributed by atoms with Crippen LogP contribution in [0.1, 0.15) is 23.6 Å². The van der Waals surface area contributed by atoms with Crippen LogP contribution < -0.4 is 14.4 Å². The lowest BCUT2D eigenvalue weighted by Gasteiger charge is -2.28. The van der Waals surface area contributed by atoms with E-state index in [4.69, 9.17) is 4.74 Å². The van der Waals surface area contributed by atoms with E-state index in [1.165, 1.54) is 4.31 Å². The summed E-state index contributed by atoms with van der Waals surface area (Å²) in [6, 6.07) is 12.1. The summed E-state index contributed by atoms with van der Waals surface area (Å²) in [5.41, 5.74) is 3.58. The van der Waals surface area contributed by atoms with Crippen LogP contribution >= 0.6 is 0 Å². The molecule has 0 aliphatic heterocycles. The van der Waals surface area contributed by atoms with Gasteiger partial charge in [0, 0.05) is 6.54 Å². The first-order valence-corrected chi connectivity index (χ1v) is 11.0. The lowest BCUT2D eigenvalue weighted by molar-refractivity contribution is -0.121. The molecular formula is C21H28N2O4S. The van der Waals surface area contributed by atoms with Crippen molar-refractivity contribution >= 4 is 21.6 Å². The van der Waals surface area contributed by atoms with Gasteiger partial charge in [-0.1, -0.05) is 18.2 Å². The molecule has 1 N–H and O–H groups in total. The van der Waals surface area contributed by atoms with Gasteiger partial charge in [0.15, 0.2) is 0 Å². The molecule has 2 aromatic carbocycles. The van der Waals surface area contributed by atoms with Gasteiger partial charge in [-0.15, -0.1) is 0 Å². The van der Waals surface area contributed by atoms with Crippen molar-refractivity contribution in [3.05, 3.63) is 59.2 Å².